The number of para-hydroxylation sites is 1. The molecule has 0 unspecified atom stereocenters. The van der Waals surface area contributed by atoms with Crippen molar-refractivity contribution in [2.75, 3.05) is 13.7 Å². The number of pyridine rings is 1. The van der Waals surface area contributed by atoms with Gasteiger partial charge in [-0.3, -0.25) is 4.98 Å². The SMILES string of the molecule is CCOc1cccc2c1O[C@@H](c1ccc(C(=O)OC)cc1)N1N=C(c3cccnc3)C[C@H]21. The Kier molecular flexibility index (Phi) is 5.23. The summed E-state index contributed by atoms with van der Waals surface area (Å²) in [7, 11) is 1.37. The first-order chi connectivity index (χ1) is 15.7. The van der Waals surface area contributed by atoms with Gasteiger partial charge in [0.25, 0.3) is 0 Å². The molecule has 3 aromatic rings. The minimum atomic E-state index is -0.463. The number of hydrazone groups is 1. The molecule has 0 amide bonds. The Bertz CT molecular complexity index is 1160. The largest absolute Gasteiger partial charge is 0.490 e. The topological polar surface area (TPSA) is 73.2 Å². The van der Waals surface area contributed by atoms with E-state index in [9.17, 15) is 4.79 Å². The van der Waals surface area contributed by atoms with Crippen molar-refractivity contribution in [3.05, 3.63) is 89.2 Å². The molecule has 0 fully saturated rings. The highest BCUT2D eigenvalue weighted by molar-refractivity contribution is 6.01. The van der Waals surface area contributed by atoms with Crippen LogP contribution in [0.4, 0.5) is 0 Å². The second-order valence-corrected chi connectivity index (χ2v) is 7.58. The summed E-state index contributed by atoms with van der Waals surface area (Å²) in [5, 5.41) is 6.93. The maximum atomic E-state index is 11.9. The Balaban J connectivity index is 1.58. The smallest absolute Gasteiger partial charge is 0.337 e. The molecule has 7 nitrogen and oxygen atoms in total. The van der Waals surface area contributed by atoms with E-state index in [1.54, 1.807) is 18.3 Å². The quantitative estimate of drug-likeness (QED) is 0.556. The Hall–Kier alpha value is -3.87. The average Bonchev–Trinajstić information content (AvgIpc) is 3.30. The number of ether oxygens (including phenoxy) is 3. The van der Waals surface area contributed by atoms with Crippen LogP contribution in [0.25, 0.3) is 0 Å². The Labute approximate surface area is 186 Å². The monoisotopic (exact) mass is 429 g/mol. The van der Waals surface area contributed by atoms with E-state index in [1.165, 1.54) is 7.11 Å². The molecule has 3 heterocycles. The summed E-state index contributed by atoms with van der Waals surface area (Å²) in [6.45, 7) is 2.50. The molecule has 0 N–H and O–H groups in total. The summed E-state index contributed by atoms with van der Waals surface area (Å²) in [6, 6.07) is 17.1. The van der Waals surface area contributed by atoms with E-state index in [-0.39, 0.29) is 12.0 Å². The maximum Gasteiger partial charge on any atom is 0.337 e. The number of benzene rings is 2. The number of nitrogens with zero attached hydrogens (tertiary/aromatic N) is 3. The molecule has 0 aliphatic carbocycles. The molecule has 2 aliphatic rings. The predicted molar refractivity (Wildman–Crippen MR) is 119 cm³/mol. The number of rotatable bonds is 5. The third-order valence-corrected chi connectivity index (χ3v) is 5.69. The zero-order chi connectivity index (χ0) is 22.1. The molecule has 0 saturated carbocycles. The number of hydrogen-bond donors (Lipinski definition) is 0. The number of fused-ring (bicyclic) bond motifs is 3. The number of esters is 1. The lowest BCUT2D eigenvalue weighted by molar-refractivity contribution is -0.0212. The fraction of sp³-hybridized carbons (Fsp3) is 0.240. The molecule has 1 aromatic heterocycles. The van der Waals surface area contributed by atoms with Crippen LogP contribution in [0.3, 0.4) is 0 Å². The zero-order valence-corrected chi connectivity index (χ0v) is 17.9. The zero-order valence-electron chi connectivity index (χ0n) is 17.9. The first kappa shape index (κ1) is 20.1. The molecule has 0 saturated heterocycles. The molecule has 2 aromatic carbocycles. The Morgan fingerprint density at radius 2 is 2.00 bits per heavy atom. The van der Waals surface area contributed by atoms with Crippen molar-refractivity contribution in [2.24, 2.45) is 5.10 Å². The normalized spacial score (nSPS) is 18.8. The van der Waals surface area contributed by atoms with Gasteiger partial charge >= 0.3 is 5.97 Å². The first-order valence-corrected chi connectivity index (χ1v) is 10.6. The van der Waals surface area contributed by atoms with Crippen LogP contribution in [-0.2, 0) is 4.74 Å². The lowest BCUT2D eigenvalue weighted by Gasteiger charge is -2.38. The fourth-order valence-electron chi connectivity index (χ4n) is 4.18. The molecule has 0 radical (unpaired) electrons. The van der Waals surface area contributed by atoms with Crippen molar-refractivity contribution in [3.63, 3.8) is 0 Å². The summed E-state index contributed by atoms with van der Waals surface area (Å²) in [5.41, 5.74) is 4.36. The van der Waals surface area contributed by atoms with Crippen molar-refractivity contribution in [3.8, 4) is 11.5 Å². The molecule has 0 bridgehead atoms. The molecule has 32 heavy (non-hydrogen) atoms. The van der Waals surface area contributed by atoms with Gasteiger partial charge in [-0.25, -0.2) is 9.80 Å². The molecule has 0 spiro atoms. The molecule has 2 aliphatic heterocycles. The van der Waals surface area contributed by atoms with E-state index in [4.69, 9.17) is 19.3 Å². The van der Waals surface area contributed by atoms with E-state index in [2.05, 4.69) is 11.1 Å². The van der Waals surface area contributed by atoms with Crippen LogP contribution in [0.1, 0.15) is 52.7 Å². The second kappa shape index (κ2) is 8.34. The van der Waals surface area contributed by atoms with Gasteiger partial charge < -0.3 is 14.2 Å². The third-order valence-electron chi connectivity index (χ3n) is 5.69. The van der Waals surface area contributed by atoms with E-state index in [0.717, 1.165) is 40.3 Å². The summed E-state index contributed by atoms with van der Waals surface area (Å²) in [4.78, 5) is 16.1. The van der Waals surface area contributed by atoms with Crippen molar-refractivity contribution in [1.82, 2.24) is 9.99 Å². The minimum Gasteiger partial charge on any atom is -0.490 e. The number of methoxy groups -OCH3 is 1. The average molecular weight is 429 g/mol. The van der Waals surface area contributed by atoms with Crippen LogP contribution in [0, 0.1) is 0 Å². The molecular weight excluding hydrogens is 406 g/mol. The first-order valence-electron chi connectivity index (χ1n) is 10.6. The van der Waals surface area contributed by atoms with Gasteiger partial charge in [0.05, 0.1) is 31.0 Å². The van der Waals surface area contributed by atoms with Crippen LogP contribution in [-0.4, -0.2) is 35.4 Å². The van der Waals surface area contributed by atoms with Gasteiger partial charge in [0.15, 0.2) is 11.5 Å². The third kappa shape index (κ3) is 3.45. The summed E-state index contributed by atoms with van der Waals surface area (Å²) in [5.74, 6) is 1.08. The van der Waals surface area contributed by atoms with Crippen LogP contribution in [0.5, 0.6) is 11.5 Å². The summed E-state index contributed by atoms with van der Waals surface area (Å²) >= 11 is 0. The summed E-state index contributed by atoms with van der Waals surface area (Å²) in [6.07, 6.45) is 3.85. The second-order valence-electron chi connectivity index (χ2n) is 7.58. The molecule has 7 heteroatoms. The molecule has 2 atom stereocenters. The van der Waals surface area contributed by atoms with Crippen LogP contribution in [0.2, 0.25) is 0 Å². The lowest BCUT2D eigenvalue weighted by Crippen LogP contribution is -2.34. The standard InChI is InChI=1S/C25H23N3O4/c1-3-31-22-8-4-7-19-21-14-20(18-6-5-13-26-15-18)27-28(21)24(32-23(19)22)16-9-11-17(12-10-16)25(29)30-2/h4-13,15,21,24H,3,14H2,1-2H3/t21-,24+/m1/s1. The lowest BCUT2D eigenvalue weighted by atomic mass is 9.96. The van der Waals surface area contributed by atoms with Crippen molar-refractivity contribution in [2.45, 2.75) is 25.6 Å². The van der Waals surface area contributed by atoms with Crippen LogP contribution >= 0.6 is 0 Å². The highest BCUT2D eigenvalue weighted by Crippen LogP contribution is 2.50. The van der Waals surface area contributed by atoms with Crippen molar-refractivity contribution >= 4 is 11.7 Å². The van der Waals surface area contributed by atoms with E-state index >= 15 is 0 Å². The van der Waals surface area contributed by atoms with Gasteiger partial charge in [0.2, 0.25) is 6.23 Å². The Morgan fingerprint density at radius 1 is 1.16 bits per heavy atom. The highest BCUT2D eigenvalue weighted by atomic mass is 16.5. The van der Waals surface area contributed by atoms with E-state index in [1.807, 2.05) is 54.5 Å². The number of carbonyl (C=O) groups is 1. The van der Waals surface area contributed by atoms with Gasteiger partial charge in [0.1, 0.15) is 0 Å². The summed E-state index contributed by atoms with van der Waals surface area (Å²) < 4.78 is 17.2. The molecule has 162 valence electrons. The van der Waals surface area contributed by atoms with Crippen LogP contribution in [0.15, 0.2) is 72.1 Å². The highest BCUT2D eigenvalue weighted by Gasteiger charge is 2.42. The van der Waals surface area contributed by atoms with Crippen molar-refractivity contribution < 1.29 is 19.0 Å². The van der Waals surface area contributed by atoms with E-state index < -0.39 is 6.23 Å². The maximum absolute atomic E-state index is 11.9. The van der Waals surface area contributed by atoms with Gasteiger partial charge in [-0.05, 0) is 31.2 Å². The minimum absolute atomic E-state index is 0.000328. The molecule has 5 rings (SSSR count). The van der Waals surface area contributed by atoms with E-state index in [0.29, 0.717) is 12.2 Å². The van der Waals surface area contributed by atoms with Crippen molar-refractivity contribution in [1.29, 1.82) is 0 Å². The van der Waals surface area contributed by atoms with Gasteiger partial charge in [0, 0.05) is 35.5 Å². The number of aromatic nitrogens is 1. The molecular formula is C25H23N3O4. The van der Waals surface area contributed by atoms with Gasteiger partial charge in [-0.2, -0.15) is 5.10 Å². The van der Waals surface area contributed by atoms with Crippen LogP contribution < -0.4 is 9.47 Å². The van der Waals surface area contributed by atoms with Gasteiger partial charge in [-0.1, -0.05) is 30.3 Å². The number of hydrogen-bond acceptors (Lipinski definition) is 7. The number of carbonyl (C=O) groups excluding carboxylic acids is 1. The predicted octanol–water partition coefficient (Wildman–Crippen LogP) is 4.51. The van der Waals surface area contributed by atoms with Gasteiger partial charge in [-0.15, -0.1) is 0 Å². The fourth-order valence-corrected chi connectivity index (χ4v) is 4.18. The Morgan fingerprint density at radius 3 is 2.72 bits per heavy atom.